The van der Waals surface area contributed by atoms with Gasteiger partial charge in [0.25, 0.3) is 5.91 Å². The quantitative estimate of drug-likeness (QED) is 0.606. The maximum atomic E-state index is 11.9. The molecule has 3 N–H and O–H groups in total. The second kappa shape index (κ2) is 10.6. The molecule has 2 aromatic carbocycles. The standard InChI is InChI=1S/C20H23N3O5/c1-3-27-17-11-9-16(10-12-17)22-18(24)13-28-19(25)14(2)21-20(26)23-15-7-5-4-6-8-15/h4-12,14H,3,13H2,1-2H3,(H,22,24)(H2,21,23,26)/t14-/m0/s1. The summed E-state index contributed by atoms with van der Waals surface area (Å²) < 4.78 is 10.3. The minimum Gasteiger partial charge on any atom is -0.494 e. The van der Waals surface area contributed by atoms with Crippen molar-refractivity contribution in [3.8, 4) is 5.75 Å². The summed E-state index contributed by atoms with van der Waals surface area (Å²) in [6.45, 7) is 3.44. The number of anilines is 2. The van der Waals surface area contributed by atoms with Crippen molar-refractivity contribution in [2.75, 3.05) is 23.8 Å². The molecule has 0 aliphatic carbocycles. The van der Waals surface area contributed by atoms with E-state index >= 15 is 0 Å². The van der Waals surface area contributed by atoms with Gasteiger partial charge in [0.2, 0.25) is 0 Å². The van der Waals surface area contributed by atoms with Crippen molar-refractivity contribution < 1.29 is 23.9 Å². The maximum Gasteiger partial charge on any atom is 0.328 e. The number of amides is 3. The third kappa shape index (κ3) is 6.99. The SMILES string of the molecule is CCOc1ccc(NC(=O)COC(=O)[C@H](C)NC(=O)Nc2ccccc2)cc1. The zero-order valence-corrected chi connectivity index (χ0v) is 15.7. The van der Waals surface area contributed by atoms with Gasteiger partial charge in [0.05, 0.1) is 6.61 Å². The van der Waals surface area contributed by atoms with Crippen molar-refractivity contribution in [3.63, 3.8) is 0 Å². The van der Waals surface area contributed by atoms with Crippen LogP contribution in [0.4, 0.5) is 16.2 Å². The van der Waals surface area contributed by atoms with Gasteiger partial charge >= 0.3 is 12.0 Å². The van der Waals surface area contributed by atoms with Gasteiger partial charge in [0.15, 0.2) is 6.61 Å². The van der Waals surface area contributed by atoms with Crippen molar-refractivity contribution >= 4 is 29.3 Å². The molecule has 8 nitrogen and oxygen atoms in total. The molecule has 0 aliphatic heterocycles. The molecule has 0 fully saturated rings. The molecule has 2 rings (SSSR count). The normalized spacial score (nSPS) is 11.1. The van der Waals surface area contributed by atoms with E-state index in [0.29, 0.717) is 23.7 Å². The highest BCUT2D eigenvalue weighted by Crippen LogP contribution is 2.15. The van der Waals surface area contributed by atoms with Gasteiger partial charge in [0, 0.05) is 11.4 Å². The number of rotatable bonds is 8. The second-order valence-corrected chi connectivity index (χ2v) is 5.80. The molecule has 0 heterocycles. The van der Waals surface area contributed by atoms with Crippen LogP contribution in [0.25, 0.3) is 0 Å². The lowest BCUT2D eigenvalue weighted by Gasteiger charge is -2.14. The molecule has 0 radical (unpaired) electrons. The van der Waals surface area contributed by atoms with Crippen LogP contribution in [-0.4, -0.2) is 37.2 Å². The van der Waals surface area contributed by atoms with Crippen molar-refractivity contribution in [2.24, 2.45) is 0 Å². The topological polar surface area (TPSA) is 106 Å². The molecule has 2 aromatic rings. The van der Waals surface area contributed by atoms with Gasteiger partial charge in [-0.15, -0.1) is 0 Å². The first-order valence-electron chi connectivity index (χ1n) is 8.80. The Morgan fingerprint density at radius 1 is 0.929 bits per heavy atom. The van der Waals surface area contributed by atoms with Crippen LogP contribution in [0.15, 0.2) is 54.6 Å². The predicted octanol–water partition coefficient (Wildman–Crippen LogP) is 2.78. The Kier molecular flexibility index (Phi) is 7.83. The average molecular weight is 385 g/mol. The first-order valence-corrected chi connectivity index (χ1v) is 8.80. The van der Waals surface area contributed by atoms with Crippen molar-refractivity contribution in [1.82, 2.24) is 5.32 Å². The monoisotopic (exact) mass is 385 g/mol. The lowest BCUT2D eigenvalue weighted by Crippen LogP contribution is -2.42. The summed E-state index contributed by atoms with van der Waals surface area (Å²) in [6, 6.07) is 14.2. The zero-order valence-electron chi connectivity index (χ0n) is 15.7. The number of ether oxygens (including phenoxy) is 2. The van der Waals surface area contributed by atoms with Crippen LogP contribution in [0.3, 0.4) is 0 Å². The van der Waals surface area contributed by atoms with E-state index in [1.807, 2.05) is 13.0 Å². The van der Waals surface area contributed by atoms with Gasteiger partial charge in [-0.2, -0.15) is 0 Å². The van der Waals surface area contributed by atoms with E-state index in [1.165, 1.54) is 6.92 Å². The van der Waals surface area contributed by atoms with Crippen LogP contribution in [0.5, 0.6) is 5.75 Å². The molecule has 1 atom stereocenters. The molecule has 0 bridgehead atoms. The Morgan fingerprint density at radius 3 is 2.21 bits per heavy atom. The summed E-state index contributed by atoms with van der Waals surface area (Å²) in [5.74, 6) is -0.510. The summed E-state index contributed by atoms with van der Waals surface area (Å²) in [6.07, 6.45) is 0. The van der Waals surface area contributed by atoms with Crippen molar-refractivity contribution in [3.05, 3.63) is 54.6 Å². The average Bonchev–Trinajstić information content (AvgIpc) is 2.68. The van der Waals surface area contributed by atoms with E-state index in [9.17, 15) is 14.4 Å². The number of nitrogens with one attached hydrogen (secondary N) is 3. The highest BCUT2D eigenvalue weighted by Gasteiger charge is 2.18. The summed E-state index contributed by atoms with van der Waals surface area (Å²) in [7, 11) is 0. The molecular formula is C20H23N3O5. The second-order valence-electron chi connectivity index (χ2n) is 5.80. The predicted molar refractivity (Wildman–Crippen MR) is 105 cm³/mol. The van der Waals surface area contributed by atoms with Crippen LogP contribution >= 0.6 is 0 Å². The highest BCUT2D eigenvalue weighted by atomic mass is 16.5. The Balaban J connectivity index is 1.72. The summed E-state index contributed by atoms with van der Waals surface area (Å²) >= 11 is 0. The smallest absolute Gasteiger partial charge is 0.328 e. The number of benzene rings is 2. The first kappa shape index (κ1) is 20.8. The van der Waals surface area contributed by atoms with Gasteiger partial charge < -0.3 is 25.4 Å². The minimum atomic E-state index is -0.915. The fourth-order valence-electron chi connectivity index (χ4n) is 2.20. The Morgan fingerprint density at radius 2 is 1.57 bits per heavy atom. The van der Waals surface area contributed by atoms with E-state index < -0.39 is 30.6 Å². The molecule has 148 valence electrons. The van der Waals surface area contributed by atoms with E-state index in [0.717, 1.165) is 0 Å². The fourth-order valence-corrected chi connectivity index (χ4v) is 2.20. The van der Waals surface area contributed by atoms with Gasteiger partial charge in [-0.3, -0.25) is 4.79 Å². The van der Waals surface area contributed by atoms with Crippen LogP contribution < -0.4 is 20.7 Å². The molecule has 0 unspecified atom stereocenters. The molecule has 3 amide bonds. The van der Waals surface area contributed by atoms with Crippen LogP contribution in [-0.2, 0) is 14.3 Å². The number of carbonyl (C=O) groups excluding carboxylic acids is 3. The van der Waals surface area contributed by atoms with E-state index in [4.69, 9.17) is 9.47 Å². The van der Waals surface area contributed by atoms with Gasteiger partial charge in [0.1, 0.15) is 11.8 Å². The molecule has 8 heteroatoms. The Bertz CT molecular complexity index is 793. The number of urea groups is 1. The zero-order chi connectivity index (χ0) is 20.4. The number of hydrogen-bond donors (Lipinski definition) is 3. The summed E-state index contributed by atoms with van der Waals surface area (Å²) in [5.41, 5.74) is 1.15. The Hall–Kier alpha value is -3.55. The minimum absolute atomic E-state index is 0.460. The molecule has 0 saturated carbocycles. The molecular weight excluding hydrogens is 362 g/mol. The molecule has 28 heavy (non-hydrogen) atoms. The molecule has 0 aliphatic rings. The number of hydrogen-bond acceptors (Lipinski definition) is 5. The van der Waals surface area contributed by atoms with Crippen molar-refractivity contribution in [2.45, 2.75) is 19.9 Å². The lowest BCUT2D eigenvalue weighted by atomic mass is 10.3. The van der Waals surface area contributed by atoms with Gasteiger partial charge in [-0.25, -0.2) is 9.59 Å². The molecule has 0 aromatic heterocycles. The van der Waals surface area contributed by atoms with Crippen molar-refractivity contribution in [1.29, 1.82) is 0 Å². The van der Waals surface area contributed by atoms with Crippen LogP contribution in [0.2, 0.25) is 0 Å². The van der Waals surface area contributed by atoms with E-state index in [2.05, 4.69) is 16.0 Å². The third-order valence-corrected chi connectivity index (χ3v) is 3.53. The van der Waals surface area contributed by atoms with Crippen LogP contribution in [0, 0.1) is 0 Å². The van der Waals surface area contributed by atoms with Crippen LogP contribution in [0.1, 0.15) is 13.8 Å². The summed E-state index contributed by atoms with van der Waals surface area (Å²) in [4.78, 5) is 35.7. The number of para-hydroxylation sites is 1. The molecule has 0 saturated heterocycles. The Labute approximate surface area is 163 Å². The summed E-state index contributed by atoms with van der Waals surface area (Å²) in [5, 5.41) is 7.65. The number of esters is 1. The first-order chi connectivity index (χ1) is 13.5. The molecule has 0 spiro atoms. The van der Waals surface area contributed by atoms with E-state index in [1.54, 1.807) is 48.5 Å². The van der Waals surface area contributed by atoms with E-state index in [-0.39, 0.29) is 0 Å². The largest absolute Gasteiger partial charge is 0.494 e. The lowest BCUT2D eigenvalue weighted by molar-refractivity contribution is -0.148. The maximum absolute atomic E-state index is 11.9. The fraction of sp³-hybridized carbons (Fsp3) is 0.250. The number of carbonyl (C=O) groups is 3. The van der Waals surface area contributed by atoms with Gasteiger partial charge in [-0.05, 0) is 50.2 Å². The highest BCUT2D eigenvalue weighted by molar-refractivity contribution is 5.94. The third-order valence-electron chi connectivity index (χ3n) is 3.53. The van der Waals surface area contributed by atoms with Gasteiger partial charge in [-0.1, -0.05) is 18.2 Å².